The number of hydrogen-bond donors (Lipinski definition) is 1. The van der Waals surface area contributed by atoms with Gasteiger partial charge in [0.05, 0.1) is 22.9 Å². The molecule has 1 N–H and O–H groups in total. The lowest BCUT2D eigenvalue weighted by Gasteiger charge is -2.17. The first kappa shape index (κ1) is 17.3. The number of carbonyl (C=O) groups excluding carboxylic acids is 1. The number of para-hydroxylation sites is 1. The van der Waals surface area contributed by atoms with E-state index in [0.29, 0.717) is 12.4 Å². The number of aromatic nitrogens is 4. The van der Waals surface area contributed by atoms with Crippen LogP contribution in [0.4, 0.5) is 10.6 Å². The summed E-state index contributed by atoms with van der Waals surface area (Å²) in [6.07, 6.45) is 1.21. The maximum Gasteiger partial charge on any atom is 0.413 e. The highest BCUT2D eigenvalue weighted by molar-refractivity contribution is 5.87. The molecule has 8 heteroatoms. The number of anilines is 1. The van der Waals surface area contributed by atoms with E-state index in [-0.39, 0.29) is 6.61 Å². The maximum absolute atomic E-state index is 12.4. The monoisotopic (exact) mass is 389 g/mol. The van der Waals surface area contributed by atoms with E-state index < -0.39 is 6.09 Å². The number of amides is 1. The van der Waals surface area contributed by atoms with Gasteiger partial charge in [0.2, 0.25) is 0 Å². The van der Waals surface area contributed by atoms with Crippen LogP contribution in [0.25, 0.3) is 22.3 Å². The molecule has 0 unspecified atom stereocenters. The summed E-state index contributed by atoms with van der Waals surface area (Å²) < 4.78 is 14.8. The van der Waals surface area contributed by atoms with E-state index in [4.69, 9.17) is 9.47 Å². The molecule has 0 atom stereocenters. The van der Waals surface area contributed by atoms with Gasteiger partial charge in [-0.1, -0.05) is 18.2 Å². The number of benzene rings is 2. The summed E-state index contributed by atoms with van der Waals surface area (Å²) in [4.78, 5) is 16.7. The Balaban J connectivity index is 1.32. The lowest BCUT2D eigenvalue weighted by molar-refractivity contribution is 0.155. The van der Waals surface area contributed by atoms with Crippen molar-refractivity contribution >= 4 is 22.9 Å². The van der Waals surface area contributed by atoms with Crippen molar-refractivity contribution in [1.82, 2.24) is 19.3 Å². The first-order valence-corrected chi connectivity index (χ1v) is 9.22. The number of imidazole rings is 1. The van der Waals surface area contributed by atoms with Crippen LogP contribution >= 0.6 is 0 Å². The molecular weight excluding hydrogens is 370 g/mol. The lowest BCUT2D eigenvalue weighted by atomic mass is 10.0. The summed E-state index contributed by atoms with van der Waals surface area (Å²) in [6.45, 7) is 0.490. The van der Waals surface area contributed by atoms with Gasteiger partial charge in [-0.15, -0.1) is 0 Å². The molecule has 0 radical (unpaired) electrons. The minimum atomic E-state index is -0.546. The van der Waals surface area contributed by atoms with Gasteiger partial charge in [0.1, 0.15) is 30.5 Å². The van der Waals surface area contributed by atoms with E-state index in [1.54, 1.807) is 18.1 Å². The van der Waals surface area contributed by atoms with Crippen molar-refractivity contribution in [1.29, 1.82) is 0 Å². The van der Waals surface area contributed by atoms with E-state index >= 15 is 0 Å². The number of aryl methyl sites for hydroxylation is 2. The van der Waals surface area contributed by atoms with Gasteiger partial charge in [0.15, 0.2) is 0 Å². The van der Waals surface area contributed by atoms with Gasteiger partial charge in [-0.05, 0) is 29.8 Å². The van der Waals surface area contributed by atoms with E-state index in [9.17, 15) is 4.79 Å². The van der Waals surface area contributed by atoms with Crippen LogP contribution < -0.4 is 10.1 Å². The summed E-state index contributed by atoms with van der Waals surface area (Å²) in [5, 5.41) is 7.36. The second kappa shape index (κ2) is 6.66. The maximum atomic E-state index is 12.4. The smallest absolute Gasteiger partial charge is 0.413 e. The van der Waals surface area contributed by atoms with E-state index in [2.05, 4.69) is 15.4 Å². The normalized spacial score (nSPS) is 12.2. The van der Waals surface area contributed by atoms with Crippen LogP contribution in [0, 0.1) is 0 Å². The van der Waals surface area contributed by atoms with Crippen molar-refractivity contribution in [3.63, 3.8) is 0 Å². The summed E-state index contributed by atoms with van der Waals surface area (Å²) in [5.41, 5.74) is 5.32. The third kappa shape index (κ3) is 2.98. The molecule has 5 rings (SSSR count). The molecule has 3 heterocycles. The molecule has 29 heavy (non-hydrogen) atoms. The predicted molar refractivity (Wildman–Crippen MR) is 107 cm³/mol. The summed E-state index contributed by atoms with van der Waals surface area (Å²) in [5.74, 6) is 1.36. The SMILES string of the molecule is Cn1nc2c(c1NC(=O)OCc1ccc3c(c1)ncn3C)COc1ccccc1-2. The predicted octanol–water partition coefficient (Wildman–Crippen LogP) is 3.61. The van der Waals surface area contributed by atoms with Crippen LogP contribution in [0.2, 0.25) is 0 Å². The number of nitrogens with zero attached hydrogens (tertiary/aromatic N) is 4. The Morgan fingerprint density at radius 2 is 2.10 bits per heavy atom. The van der Waals surface area contributed by atoms with Crippen LogP contribution in [-0.2, 0) is 32.0 Å². The molecule has 146 valence electrons. The fourth-order valence-corrected chi connectivity index (χ4v) is 3.57. The second-order valence-corrected chi connectivity index (χ2v) is 6.96. The first-order chi connectivity index (χ1) is 14.1. The molecule has 0 saturated carbocycles. The molecular formula is C21H19N5O3. The molecule has 8 nitrogen and oxygen atoms in total. The van der Waals surface area contributed by atoms with Gasteiger partial charge in [-0.25, -0.2) is 9.78 Å². The van der Waals surface area contributed by atoms with Gasteiger partial charge in [-0.3, -0.25) is 10.00 Å². The quantitative estimate of drug-likeness (QED) is 0.579. The average Bonchev–Trinajstić information content (AvgIpc) is 3.26. The van der Waals surface area contributed by atoms with Crippen molar-refractivity contribution in [2.24, 2.45) is 14.1 Å². The van der Waals surface area contributed by atoms with Gasteiger partial charge in [0.25, 0.3) is 0 Å². The molecule has 1 amide bonds. The van der Waals surface area contributed by atoms with Crippen LogP contribution in [0.5, 0.6) is 5.75 Å². The number of rotatable bonds is 3. The third-order valence-corrected chi connectivity index (χ3v) is 5.04. The molecule has 0 fully saturated rings. The van der Waals surface area contributed by atoms with Gasteiger partial charge in [-0.2, -0.15) is 5.10 Å². The number of fused-ring (bicyclic) bond motifs is 4. The molecule has 0 saturated heterocycles. The lowest BCUT2D eigenvalue weighted by Crippen LogP contribution is -2.17. The standard InChI is InChI=1S/C21H19N5O3/c1-25-12-22-16-9-13(7-8-17(16)25)10-29-21(27)23-20-15-11-28-18-6-4-3-5-14(18)19(15)24-26(20)2/h3-9,12H,10-11H2,1-2H3,(H,23,27). The van der Waals surface area contributed by atoms with Gasteiger partial charge in [0, 0.05) is 19.7 Å². The minimum Gasteiger partial charge on any atom is -0.488 e. The number of carbonyl (C=O) groups is 1. The summed E-state index contributed by atoms with van der Waals surface area (Å²) in [6, 6.07) is 13.5. The van der Waals surface area contributed by atoms with Crippen LogP contribution in [0.1, 0.15) is 11.1 Å². The van der Waals surface area contributed by atoms with Crippen molar-refractivity contribution in [3.05, 3.63) is 59.9 Å². The fraction of sp³-hybridized carbons (Fsp3) is 0.190. The van der Waals surface area contributed by atoms with E-state index in [1.165, 1.54) is 0 Å². The van der Waals surface area contributed by atoms with Gasteiger partial charge < -0.3 is 14.0 Å². The Morgan fingerprint density at radius 1 is 1.24 bits per heavy atom. The zero-order valence-corrected chi connectivity index (χ0v) is 16.0. The Morgan fingerprint density at radius 3 is 3.00 bits per heavy atom. The molecule has 0 bridgehead atoms. The molecule has 2 aromatic heterocycles. The van der Waals surface area contributed by atoms with Crippen LogP contribution in [0.15, 0.2) is 48.8 Å². The van der Waals surface area contributed by atoms with E-state index in [0.717, 1.165) is 39.2 Å². The van der Waals surface area contributed by atoms with Crippen molar-refractivity contribution < 1.29 is 14.3 Å². The molecule has 0 spiro atoms. The largest absolute Gasteiger partial charge is 0.488 e. The Labute approximate surface area is 166 Å². The minimum absolute atomic E-state index is 0.151. The highest BCUT2D eigenvalue weighted by Gasteiger charge is 2.26. The molecule has 4 aromatic rings. The van der Waals surface area contributed by atoms with E-state index in [1.807, 2.05) is 54.1 Å². The summed E-state index contributed by atoms with van der Waals surface area (Å²) in [7, 11) is 3.72. The highest BCUT2D eigenvalue weighted by Crippen LogP contribution is 2.39. The number of hydrogen-bond acceptors (Lipinski definition) is 5. The average molecular weight is 389 g/mol. The Bertz CT molecular complexity index is 1240. The van der Waals surface area contributed by atoms with Crippen LogP contribution in [0.3, 0.4) is 0 Å². The summed E-state index contributed by atoms with van der Waals surface area (Å²) >= 11 is 0. The fourth-order valence-electron chi connectivity index (χ4n) is 3.57. The molecule has 1 aliphatic heterocycles. The van der Waals surface area contributed by atoms with Gasteiger partial charge >= 0.3 is 6.09 Å². The van der Waals surface area contributed by atoms with Crippen molar-refractivity contribution in [2.45, 2.75) is 13.2 Å². The zero-order chi connectivity index (χ0) is 20.0. The first-order valence-electron chi connectivity index (χ1n) is 9.22. The molecule has 1 aliphatic rings. The van der Waals surface area contributed by atoms with Crippen LogP contribution in [-0.4, -0.2) is 25.4 Å². The Hall–Kier alpha value is -3.81. The number of nitrogens with one attached hydrogen (secondary N) is 1. The van der Waals surface area contributed by atoms with Crippen molar-refractivity contribution in [2.75, 3.05) is 5.32 Å². The molecule has 2 aromatic carbocycles. The third-order valence-electron chi connectivity index (χ3n) is 5.04. The zero-order valence-electron chi connectivity index (χ0n) is 16.0. The second-order valence-electron chi connectivity index (χ2n) is 6.96. The Kier molecular flexibility index (Phi) is 3.97. The number of ether oxygens (including phenoxy) is 2. The topological polar surface area (TPSA) is 83.2 Å². The van der Waals surface area contributed by atoms with Crippen molar-refractivity contribution in [3.8, 4) is 17.0 Å². The molecule has 0 aliphatic carbocycles. The highest BCUT2D eigenvalue weighted by atomic mass is 16.5.